The highest BCUT2D eigenvalue weighted by atomic mass is 32.1. The van der Waals surface area contributed by atoms with Crippen molar-refractivity contribution in [2.45, 2.75) is 45.2 Å². The van der Waals surface area contributed by atoms with Crippen LogP contribution in [-0.2, 0) is 0 Å². The molecule has 3 rings (SSSR count). The minimum absolute atomic E-state index is 0.369. The second-order valence-electron chi connectivity index (χ2n) is 6.21. The van der Waals surface area contributed by atoms with Crippen LogP contribution >= 0.6 is 11.3 Å². The van der Waals surface area contributed by atoms with Crippen LogP contribution in [0.4, 0.5) is 20.7 Å². The van der Waals surface area contributed by atoms with Crippen molar-refractivity contribution in [3.05, 3.63) is 24.3 Å². The Morgan fingerprint density at radius 3 is 2.64 bits per heavy atom. The van der Waals surface area contributed by atoms with Gasteiger partial charge in [-0.1, -0.05) is 23.5 Å². The predicted molar refractivity (Wildman–Crippen MR) is 101 cm³/mol. The summed E-state index contributed by atoms with van der Waals surface area (Å²) < 4.78 is 5.23. The molecule has 1 saturated heterocycles. The van der Waals surface area contributed by atoms with Crippen molar-refractivity contribution in [1.29, 1.82) is 0 Å². The first-order valence-corrected chi connectivity index (χ1v) is 9.23. The highest BCUT2D eigenvalue weighted by Gasteiger charge is 2.27. The summed E-state index contributed by atoms with van der Waals surface area (Å²) in [6, 6.07) is 7.75. The van der Waals surface area contributed by atoms with Gasteiger partial charge in [-0.05, 0) is 45.2 Å². The summed E-state index contributed by atoms with van der Waals surface area (Å²) >= 11 is 1.40. The fourth-order valence-corrected chi connectivity index (χ4v) is 4.11. The van der Waals surface area contributed by atoms with E-state index >= 15 is 0 Å². The number of carbonyl (C=O) groups is 1. The van der Waals surface area contributed by atoms with Crippen LogP contribution < -0.4 is 20.3 Å². The van der Waals surface area contributed by atoms with Crippen molar-refractivity contribution in [2.75, 3.05) is 22.6 Å². The number of nitrogens with zero attached hydrogens (tertiary/aromatic N) is 3. The second-order valence-corrected chi connectivity index (χ2v) is 7.16. The van der Waals surface area contributed by atoms with Gasteiger partial charge in [0.2, 0.25) is 10.3 Å². The number of methoxy groups -OCH3 is 1. The Balaban J connectivity index is 1.66. The van der Waals surface area contributed by atoms with Crippen LogP contribution in [0.2, 0.25) is 0 Å². The monoisotopic (exact) mass is 361 g/mol. The van der Waals surface area contributed by atoms with Crippen molar-refractivity contribution in [1.82, 2.24) is 10.2 Å². The molecule has 0 bridgehead atoms. The number of piperidine rings is 1. The molecule has 1 aromatic heterocycles. The molecule has 8 heteroatoms. The van der Waals surface area contributed by atoms with Gasteiger partial charge in [-0.25, -0.2) is 4.79 Å². The average Bonchev–Trinajstić information content (AvgIpc) is 3.03. The Morgan fingerprint density at radius 1 is 1.20 bits per heavy atom. The average molecular weight is 361 g/mol. The number of benzene rings is 1. The topological polar surface area (TPSA) is 79.4 Å². The van der Waals surface area contributed by atoms with E-state index < -0.39 is 0 Å². The number of para-hydroxylation sites is 2. The van der Waals surface area contributed by atoms with Crippen LogP contribution in [0, 0.1) is 0 Å². The van der Waals surface area contributed by atoms with Crippen molar-refractivity contribution < 1.29 is 9.53 Å². The number of carbonyl (C=O) groups excluding carboxylic acids is 1. The van der Waals surface area contributed by atoms with Crippen LogP contribution in [0.25, 0.3) is 0 Å². The van der Waals surface area contributed by atoms with Crippen LogP contribution in [0.15, 0.2) is 24.3 Å². The van der Waals surface area contributed by atoms with Crippen molar-refractivity contribution in [3.63, 3.8) is 0 Å². The number of nitrogens with one attached hydrogen (secondary N) is 2. The van der Waals surface area contributed by atoms with E-state index in [0.29, 0.717) is 28.7 Å². The third kappa shape index (κ3) is 4.01. The molecule has 2 aromatic rings. The third-order valence-corrected chi connectivity index (χ3v) is 5.26. The fourth-order valence-electron chi connectivity index (χ4n) is 3.17. The van der Waals surface area contributed by atoms with Gasteiger partial charge in [0.15, 0.2) is 0 Å². The first kappa shape index (κ1) is 17.5. The summed E-state index contributed by atoms with van der Waals surface area (Å²) in [5.74, 6) is 0.603. The fraction of sp³-hybridized carbons (Fsp3) is 0.471. The van der Waals surface area contributed by atoms with E-state index in [1.54, 1.807) is 19.2 Å². The molecule has 0 aliphatic carbocycles. The molecule has 2 amide bonds. The number of hydrogen-bond donors (Lipinski definition) is 2. The molecule has 2 heterocycles. The Bertz CT molecular complexity index is 725. The first-order chi connectivity index (χ1) is 12.1. The highest BCUT2D eigenvalue weighted by molar-refractivity contribution is 7.19. The molecule has 1 aliphatic rings. The SMILES string of the molecule is COc1ccccc1NC(=O)Nc1nnc(N2[C@H](C)CCC[C@@H]2C)s1. The quantitative estimate of drug-likeness (QED) is 0.862. The van der Waals surface area contributed by atoms with Crippen LogP contribution in [-0.4, -0.2) is 35.4 Å². The molecule has 1 aliphatic heterocycles. The summed E-state index contributed by atoms with van der Waals surface area (Å²) in [5, 5.41) is 15.2. The lowest BCUT2D eigenvalue weighted by Crippen LogP contribution is -2.43. The maximum Gasteiger partial charge on any atom is 0.325 e. The Labute approximate surface area is 151 Å². The van der Waals surface area contributed by atoms with Gasteiger partial charge in [-0.2, -0.15) is 0 Å². The van der Waals surface area contributed by atoms with Gasteiger partial charge < -0.3 is 15.0 Å². The molecule has 2 atom stereocenters. The van der Waals surface area contributed by atoms with Gasteiger partial charge in [-0.3, -0.25) is 5.32 Å². The zero-order valence-electron chi connectivity index (χ0n) is 14.7. The Hall–Kier alpha value is -2.35. The maximum atomic E-state index is 12.2. The van der Waals surface area contributed by atoms with E-state index in [2.05, 4.69) is 39.6 Å². The van der Waals surface area contributed by atoms with E-state index in [9.17, 15) is 4.79 Å². The molecule has 7 nitrogen and oxygen atoms in total. The van der Waals surface area contributed by atoms with Crippen LogP contribution in [0.5, 0.6) is 5.75 Å². The molecular weight excluding hydrogens is 338 g/mol. The summed E-state index contributed by atoms with van der Waals surface area (Å²) in [6.07, 6.45) is 3.55. The van der Waals surface area contributed by atoms with Gasteiger partial charge in [0.25, 0.3) is 0 Å². The minimum Gasteiger partial charge on any atom is -0.495 e. The molecule has 25 heavy (non-hydrogen) atoms. The van der Waals surface area contributed by atoms with Gasteiger partial charge >= 0.3 is 6.03 Å². The van der Waals surface area contributed by atoms with Crippen molar-refractivity contribution in [2.24, 2.45) is 0 Å². The summed E-state index contributed by atoms with van der Waals surface area (Å²) in [6.45, 7) is 4.41. The number of anilines is 3. The Morgan fingerprint density at radius 2 is 1.92 bits per heavy atom. The highest BCUT2D eigenvalue weighted by Crippen LogP contribution is 2.33. The summed E-state index contributed by atoms with van der Waals surface area (Å²) in [5.41, 5.74) is 0.602. The lowest BCUT2D eigenvalue weighted by molar-refractivity contribution is 0.262. The van der Waals surface area contributed by atoms with Crippen LogP contribution in [0.1, 0.15) is 33.1 Å². The third-order valence-electron chi connectivity index (χ3n) is 4.40. The number of rotatable bonds is 4. The van der Waals surface area contributed by atoms with Gasteiger partial charge in [0.1, 0.15) is 5.75 Å². The molecule has 0 unspecified atom stereocenters. The number of hydrogen-bond acceptors (Lipinski definition) is 6. The van der Waals surface area contributed by atoms with Gasteiger partial charge in [-0.15, -0.1) is 10.2 Å². The normalized spacial score (nSPS) is 20.2. The molecule has 0 spiro atoms. The largest absolute Gasteiger partial charge is 0.495 e. The standard InChI is InChI=1S/C17H23N5O2S/c1-11-7-6-8-12(2)22(11)17-21-20-16(25-17)19-15(23)18-13-9-4-5-10-14(13)24-3/h4-5,9-12H,6-8H2,1-3H3,(H2,18,19,20,23)/t11-,12+. The number of aromatic nitrogens is 2. The molecule has 0 radical (unpaired) electrons. The lowest BCUT2D eigenvalue weighted by atomic mass is 9.98. The predicted octanol–water partition coefficient (Wildman–Crippen LogP) is 3.96. The molecule has 0 saturated carbocycles. The summed E-state index contributed by atoms with van der Waals surface area (Å²) in [4.78, 5) is 14.5. The number of ether oxygens (including phenoxy) is 1. The van der Waals surface area contributed by atoms with Gasteiger partial charge in [0.05, 0.1) is 12.8 Å². The van der Waals surface area contributed by atoms with Crippen molar-refractivity contribution in [3.8, 4) is 5.75 Å². The zero-order chi connectivity index (χ0) is 17.8. The van der Waals surface area contributed by atoms with E-state index in [4.69, 9.17) is 4.74 Å². The molecule has 134 valence electrons. The lowest BCUT2D eigenvalue weighted by Gasteiger charge is -2.38. The second kappa shape index (κ2) is 7.69. The molecule has 1 aromatic carbocycles. The van der Waals surface area contributed by atoms with E-state index in [-0.39, 0.29) is 6.03 Å². The molecule has 2 N–H and O–H groups in total. The Kier molecular flexibility index (Phi) is 5.37. The van der Waals surface area contributed by atoms with Gasteiger partial charge in [0, 0.05) is 12.1 Å². The van der Waals surface area contributed by atoms with E-state index in [1.165, 1.54) is 17.8 Å². The van der Waals surface area contributed by atoms with E-state index in [1.807, 2.05) is 12.1 Å². The van der Waals surface area contributed by atoms with E-state index in [0.717, 1.165) is 18.0 Å². The minimum atomic E-state index is -0.369. The molecular formula is C17H23N5O2S. The number of amides is 2. The number of urea groups is 1. The smallest absolute Gasteiger partial charge is 0.325 e. The zero-order valence-corrected chi connectivity index (χ0v) is 15.5. The van der Waals surface area contributed by atoms with Crippen molar-refractivity contribution >= 4 is 33.3 Å². The first-order valence-electron chi connectivity index (χ1n) is 8.41. The summed E-state index contributed by atoms with van der Waals surface area (Å²) in [7, 11) is 1.57. The maximum absolute atomic E-state index is 12.2. The molecule has 1 fully saturated rings. The van der Waals surface area contributed by atoms with Crippen LogP contribution in [0.3, 0.4) is 0 Å².